The second kappa shape index (κ2) is 6.22. The lowest BCUT2D eigenvalue weighted by atomic mass is 10.0. The minimum Gasteiger partial charge on any atom is -0.477 e. The summed E-state index contributed by atoms with van der Waals surface area (Å²) in [6.45, 7) is 2.01. The van der Waals surface area contributed by atoms with E-state index in [0.29, 0.717) is 22.2 Å². The van der Waals surface area contributed by atoms with E-state index in [4.69, 9.17) is 23.2 Å². The summed E-state index contributed by atoms with van der Waals surface area (Å²) in [5, 5.41) is 16.2. The van der Waals surface area contributed by atoms with Crippen LogP contribution in [0.4, 0.5) is 5.69 Å². The Labute approximate surface area is 143 Å². The molecule has 0 aliphatic carbocycles. The van der Waals surface area contributed by atoms with Gasteiger partial charge in [0.25, 0.3) is 0 Å². The Kier molecular flexibility index (Phi) is 4.28. The minimum atomic E-state index is -1.02. The molecule has 0 saturated carbocycles. The fourth-order valence-electron chi connectivity index (χ4n) is 2.58. The molecule has 0 saturated heterocycles. The van der Waals surface area contributed by atoms with Gasteiger partial charge >= 0.3 is 5.97 Å². The van der Waals surface area contributed by atoms with Gasteiger partial charge in [0.2, 0.25) is 0 Å². The predicted octanol–water partition coefficient (Wildman–Crippen LogP) is 4.69. The molecule has 6 heteroatoms. The standard InChI is InChI=1S/C17H14Cl2N2O2/c1-10-2-4-11(5-3-10)16-9-14(17(22)23)20-21(16)15-7-6-12(18)8-13(15)19/h2-8,16H,9H2,1H3,(H,22,23)/t16-/m1/s1. The first-order chi connectivity index (χ1) is 11.0. The van der Waals surface area contributed by atoms with Crippen molar-refractivity contribution in [1.29, 1.82) is 0 Å². The Morgan fingerprint density at radius 2 is 1.91 bits per heavy atom. The largest absolute Gasteiger partial charge is 0.477 e. The smallest absolute Gasteiger partial charge is 0.352 e. The zero-order chi connectivity index (χ0) is 16.6. The van der Waals surface area contributed by atoms with Gasteiger partial charge in [-0.2, -0.15) is 5.10 Å². The highest BCUT2D eigenvalue weighted by Gasteiger charge is 2.33. The van der Waals surface area contributed by atoms with Crippen molar-refractivity contribution in [3.05, 3.63) is 63.6 Å². The number of carboxylic acids is 1. The predicted molar refractivity (Wildman–Crippen MR) is 92.5 cm³/mol. The Balaban J connectivity index is 2.04. The van der Waals surface area contributed by atoms with E-state index in [1.165, 1.54) is 0 Å². The molecule has 118 valence electrons. The Bertz CT molecular complexity index is 788. The Morgan fingerprint density at radius 3 is 2.52 bits per heavy atom. The fraction of sp³-hybridized carbons (Fsp3) is 0.176. The topological polar surface area (TPSA) is 52.9 Å². The molecule has 2 aromatic rings. The molecule has 1 N–H and O–H groups in total. The molecule has 2 aromatic carbocycles. The number of hydrogen-bond acceptors (Lipinski definition) is 3. The summed E-state index contributed by atoms with van der Waals surface area (Å²) in [4.78, 5) is 11.3. The first-order valence-electron chi connectivity index (χ1n) is 7.07. The minimum absolute atomic E-state index is 0.113. The average molecular weight is 349 g/mol. The highest BCUT2D eigenvalue weighted by atomic mass is 35.5. The maximum absolute atomic E-state index is 11.3. The molecule has 0 bridgehead atoms. The van der Waals surface area contributed by atoms with Crippen LogP contribution in [-0.4, -0.2) is 16.8 Å². The third-order valence-electron chi connectivity index (χ3n) is 3.78. The van der Waals surface area contributed by atoms with Gasteiger partial charge in [0.05, 0.1) is 16.8 Å². The van der Waals surface area contributed by atoms with Crippen LogP contribution >= 0.6 is 23.2 Å². The van der Waals surface area contributed by atoms with Crippen LogP contribution in [0.3, 0.4) is 0 Å². The summed E-state index contributed by atoms with van der Waals surface area (Å²) < 4.78 is 0. The number of anilines is 1. The number of carboxylic acid groups (broad SMARTS) is 1. The Hall–Kier alpha value is -2.04. The number of hydrazone groups is 1. The number of aliphatic carboxylic acids is 1. The second-order valence-electron chi connectivity index (χ2n) is 5.42. The van der Waals surface area contributed by atoms with Crippen molar-refractivity contribution in [2.24, 2.45) is 5.10 Å². The first-order valence-corrected chi connectivity index (χ1v) is 7.83. The van der Waals surface area contributed by atoms with E-state index in [1.54, 1.807) is 23.2 Å². The molecule has 0 aromatic heterocycles. The lowest BCUT2D eigenvalue weighted by molar-refractivity contribution is -0.129. The number of rotatable bonds is 3. The first kappa shape index (κ1) is 15.8. The van der Waals surface area contributed by atoms with E-state index in [2.05, 4.69) is 5.10 Å². The Morgan fingerprint density at radius 1 is 1.22 bits per heavy atom. The number of aryl methyl sites for hydroxylation is 1. The van der Waals surface area contributed by atoms with Gasteiger partial charge in [0, 0.05) is 11.4 Å². The molecular formula is C17H14Cl2N2O2. The van der Waals surface area contributed by atoms with E-state index >= 15 is 0 Å². The van der Waals surface area contributed by atoms with Crippen molar-refractivity contribution in [2.45, 2.75) is 19.4 Å². The average Bonchev–Trinajstić information content (AvgIpc) is 2.93. The number of benzene rings is 2. The molecule has 0 radical (unpaired) electrons. The van der Waals surface area contributed by atoms with Crippen molar-refractivity contribution < 1.29 is 9.90 Å². The maximum Gasteiger partial charge on any atom is 0.352 e. The number of carbonyl (C=O) groups is 1. The van der Waals surface area contributed by atoms with Crippen LogP contribution in [0.2, 0.25) is 10.0 Å². The van der Waals surface area contributed by atoms with E-state index < -0.39 is 5.97 Å². The van der Waals surface area contributed by atoms with Gasteiger partial charge in [-0.25, -0.2) is 4.79 Å². The van der Waals surface area contributed by atoms with E-state index in [1.807, 2.05) is 31.2 Å². The molecule has 4 nitrogen and oxygen atoms in total. The SMILES string of the molecule is Cc1ccc([C@H]2CC(C(=O)O)=NN2c2ccc(Cl)cc2Cl)cc1. The third-order valence-corrected chi connectivity index (χ3v) is 4.31. The van der Waals surface area contributed by atoms with Gasteiger partial charge < -0.3 is 5.11 Å². The molecule has 1 aliphatic rings. The van der Waals surface area contributed by atoms with E-state index in [0.717, 1.165) is 11.1 Å². The molecule has 23 heavy (non-hydrogen) atoms. The number of hydrogen-bond donors (Lipinski definition) is 1. The van der Waals surface area contributed by atoms with Crippen molar-refractivity contribution in [2.75, 3.05) is 5.01 Å². The molecule has 0 unspecified atom stereocenters. The highest BCUT2D eigenvalue weighted by Crippen LogP contribution is 2.39. The van der Waals surface area contributed by atoms with Crippen molar-refractivity contribution in [3.8, 4) is 0 Å². The summed E-state index contributed by atoms with van der Waals surface area (Å²) in [7, 11) is 0. The summed E-state index contributed by atoms with van der Waals surface area (Å²) in [6.07, 6.45) is 0.317. The van der Waals surface area contributed by atoms with Gasteiger partial charge in [-0.05, 0) is 30.7 Å². The molecule has 1 atom stereocenters. The van der Waals surface area contributed by atoms with Crippen LogP contribution in [0.5, 0.6) is 0 Å². The molecule has 0 fully saturated rings. The summed E-state index contributed by atoms with van der Waals surface area (Å²) in [5.74, 6) is -1.02. The van der Waals surface area contributed by atoms with Crippen molar-refractivity contribution >= 4 is 40.6 Å². The fourth-order valence-corrected chi connectivity index (χ4v) is 3.07. The van der Waals surface area contributed by atoms with E-state index in [-0.39, 0.29) is 11.8 Å². The monoisotopic (exact) mass is 348 g/mol. The van der Waals surface area contributed by atoms with Crippen LogP contribution in [0.15, 0.2) is 47.6 Å². The summed E-state index contributed by atoms with van der Waals surface area (Å²) in [6, 6.07) is 12.8. The molecule has 0 amide bonds. The quantitative estimate of drug-likeness (QED) is 0.874. The number of halogens is 2. The third kappa shape index (κ3) is 3.19. The normalized spacial score (nSPS) is 17.3. The zero-order valence-corrected chi connectivity index (χ0v) is 13.8. The van der Waals surface area contributed by atoms with Crippen molar-refractivity contribution in [1.82, 2.24) is 0 Å². The maximum atomic E-state index is 11.3. The molecular weight excluding hydrogens is 335 g/mol. The van der Waals surface area contributed by atoms with Gasteiger partial charge in [-0.1, -0.05) is 53.0 Å². The number of nitrogens with zero attached hydrogens (tertiary/aromatic N) is 2. The van der Waals surface area contributed by atoms with E-state index in [9.17, 15) is 9.90 Å². The van der Waals surface area contributed by atoms with Crippen molar-refractivity contribution in [3.63, 3.8) is 0 Å². The molecule has 1 aliphatic heterocycles. The molecule has 0 spiro atoms. The van der Waals surface area contributed by atoms with Gasteiger partial charge in [0.1, 0.15) is 5.71 Å². The van der Waals surface area contributed by atoms with Crippen LogP contribution in [0.25, 0.3) is 0 Å². The van der Waals surface area contributed by atoms with Crippen LogP contribution in [0.1, 0.15) is 23.6 Å². The van der Waals surface area contributed by atoms with Gasteiger partial charge in [0.15, 0.2) is 0 Å². The van der Waals surface area contributed by atoms with Gasteiger partial charge in [-0.3, -0.25) is 5.01 Å². The van der Waals surface area contributed by atoms with Crippen LogP contribution < -0.4 is 5.01 Å². The highest BCUT2D eigenvalue weighted by molar-refractivity contribution is 6.38. The molecule has 1 heterocycles. The lowest BCUT2D eigenvalue weighted by Gasteiger charge is -2.25. The summed E-state index contributed by atoms with van der Waals surface area (Å²) in [5.41, 5.74) is 2.88. The van der Waals surface area contributed by atoms with Crippen LogP contribution in [-0.2, 0) is 4.79 Å². The zero-order valence-electron chi connectivity index (χ0n) is 12.3. The van der Waals surface area contributed by atoms with Crippen LogP contribution in [0, 0.1) is 6.92 Å². The summed E-state index contributed by atoms with van der Waals surface area (Å²) >= 11 is 12.2. The van der Waals surface area contributed by atoms with Gasteiger partial charge in [-0.15, -0.1) is 0 Å². The second-order valence-corrected chi connectivity index (χ2v) is 6.27. The lowest BCUT2D eigenvalue weighted by Crippen LogP contribution is -2.19. The molecule has 3 rings (SSSR count).